The third-order valence-corrected chi connectivity index (χ3v) is 4.53. The molecule has 0 fully saturated rings. The summed E-state index contributed by atoms with van der Waals surface area (Å²) < 4.78 is 1.51. The van der Waals surface area contributed by atoms with Crippen LogP contribution in [0.4, 0.5) is 5.13 Å². The van der Waals surface area contributed by atoms with Crippen LogP contribution in [0.3, 0.4) is 0 Å². The van der Waals surface area contributed by atoms with Crippen molar-refractivity contribution in [1.82, 2.24) is 4.98 Å². The van der Waals surface area contributed by atoms with Crippen LogP contribution in [0.15, 0.2) is 26.1 Å². The first-order valence-corrected chi connectivity index (χ1v) is 7.45. The van der Waals surface area contributed by atoms with Gasteiger partial charge < -0.3 is 10.8 Å². The van der Waals surface area contributed by atoms with Crippen molar-refractivity contribution < 1.29 is 9.90 Å². The number of nitrogen functional groups attached to an aromatic ring is 1. The Morgan fingerprint density at radius 1 is 1.32 bits per heavy atom. The van der Waals surface area contributed by atoms with Gasteiger partial charge in [0.2, 0.25) is 5.88 Å². The van der Waals surface area contributed by atoms with E-state index in [0.717, 1.165) is 15.8 Å². The average Bonchev–Trinajstić information content (AvgIpc) is 2.78. The number of aromatic hydroxyl groups is 1. The molecule has 8 heteroatoms. The van der Waals surface area contributed by atoms with Gasteiger partial charge in [-0.25, -0.2) is 4.99 Å². The maximum absolute atomic E-state index is 12.0. The first-order chi connectivity index (χ1) is 8.97. The lowest BCUT2D eigenvalue weighted by molar-refractivity contribution is -0.112. The third kappa shape index (κ3) is 1.99. The summed E-state index contributed by atoms with van der Waals surface area (Å²) in [5.41, 5.74) is 5.87. The summed E-state index contributed by atoms with van der Waals surface area (Å²) in [5.74, 6) is -0.655. The van der Waals surface area contributed by atoms with Crippen molar-refractivity contribution in [1.29, 1.82) is 0 Å². The molecule has 0 aliphatic carbocycles. The highest BCUT2D eigenvalue weighted by Gasteiger charge is 2.25. The van der Waals surface area contributed by atoms with Gasteiger partial charge in [0.1, 0.15) is 4.88 Å². The molecular formula is C11H5Br2N3O2S. The van der Waals surface area contributed by atoms with Gasteiger partial charge in [0.15, 0.2) is 5.13 Å². The number of aromatic nitrogens is 1. The van der Waals surface area contributed by atoms with Gasteiger partial charge >= 0.3 is 0 Å². The molecule has 1 aliphatic rings. The van der Waals surface area contributed by atoms with Crippen molar-refractivity contribution in [2.24, 2.45) is 4.99 Å². The fourth-order valence-electron chi connectivity index (χ4n) is 1.85. The van der Waals surface area contributed by atoms with E-state index in [-0.39, 0.29) is 11.0 Å². The summed E-state index contributed by atoms with van der Waals surface area (Å²) in [4.78, 5) is 20.1. The molecule has 0 unspecified atom stereocenters. The van der Waals surface area contributed by atoms with Crippen LogP contribution >= 0.6 is 43.2 Å². The second-order valence-electron chi connectivity index (χ2n) is 3.78. The predicted molar refractivity (Wildman–Crippen MR) is 78.3 cm³/mol. The van der Waals surface area contributed by atoms with Crippen molar-refractivity contribution in [2.45, 2.75) is 0 Å². The van der Waals surface area contributed by atoms with Gasteiger partial charge in [-0.1, -0.05) is 27.3 Å². The summed E-state index contributed by atoms with van der Waals surface area (Å²) in [6, 6.07) is 3.58. The molecule has 3 rings (SSSR count). The summed E-state index contributed by atoms with van der Waals surface area (Å²) in [6.45, 7) is 0. The molecule has 0 saturated carbocycles. The van der Waals surface area contributed by atoms with Crippen molar-refractivity contribution in [2.75, 3.05) is 5.73 Å². The molecule has 0 bridgehead atoms. The van der Waals surface area contributed by atoms with Gasteiger partial charge in [-0.15, -0.1) is 0 Å². The molecule has 1 aliphatic heterocycles. The van der Waals surface area contributed by atoms with E-state index in [1.807, 2.05) is 0 Å². The Labute approximate surface area is 127 Å². The molecule has 0 spiro atoms. The Bertz CT molecular complexity index is 844. The fraction of sp³-hybridized carbons (Fsp3) is 0. The van der Waals surface area contributed by atoms with E-state index in [0.29, 0.717) is 25.5 Å². The van der Waals surface area contributed by atoms with E-state index in [9.17, 15) is 9.90 Å². The average molecular weight is 403 g/mol. The SMILES string of the molecule is Nc1nc(O)c(C2=c3cc(Br)cc(Br)c3=NC2=O)s1. The van der Waals surface area contributed by atoms with E-state index in [2.05, 4.69) is 41.8 Å². The van der Waals surface area contributed by atoms with Crippen LogP contribution in [0.2, 0.25) is 0 Å². The Hall–Kier alpha value is -1.25. The van der Waals surface area contributed by atoms with Gasteiger partial charge in [0.25, 0.3) is 5.91 Å². The second kappa shape index (κ2) is 4.39. The minimum atomic E-state index is -0.409. The number of amides is 1. The van der Waals surface area contributed by atoms with E-state index >= 15 is 0 Å². The highest BCUT2D eigenvalue weighted by molar-refractivity contribution is 9.11. The number of rotatable bonds is 1. The third-order valence-electron chi connectivity index (χ3n) is 2.58. The number of anilines is 1. The van der Waals surface area contributed by atoms with E-state index in [4.69, 9.17) is 5.73 Å². The topological polar surface area (TPSA) is 88.6 Å². The fourth-order valence-corrected chi connectivity index (χ4v) is 3.94. The zero-order valence-electron chi connectivity index (χ0n) is 9.15. The van der Waals surface area contributed by atoms with Crippen LogP contribution in [0.25, 0.3) is 5.57 Å². The number of nitrogens with zero attached hydrogens (tertiary/aromatic N) is 2. The van der Waals surface area contributed by atoms with Gasteiger partial charge in [0, 0.05) is 14.2 Å². The quantitative estimate of drug-likeness (QED) is 0.752. The number of hydrogen-bond acceptors (Lipinski definition) is 5. The van der Waals surface area contributed by atoms with Crippen molar-refractivity contribution in [3.8, 4) is 5.88 Å². The van der Waals surface area contributed by atoms with E-state index < -0.39 is 5.91 Å². The largest absolute Gasteiger partial charge is 0.492 e. The molecule has 0 radical (unpaired) electrons. The first-order valence-electron chi connectivity index (χ1n) is 5.05. The Balaban J connectivity index is 2.45. The minimum Gasteiger partial charge on any atom is -0.492 e. The monoisotopic (exact) mass is 401 g/mol. The molecule has 1 amide bonds. The lowest BCUT2D eigenvalue weighted by Gasteiger charge is -1.96. The molecule has 2 aromatic rings. The molecule has 2 heterocycles. The number of nitrogens with two attached hydrogens (primary N) is 1. The van der Waals surface area contributed by atoms with Crippen LogP contribution in [0, 0.1) is 0 Å². The van der Waals surface area contributed by atoms with Gasteiger partial charge in [-0.2, -0.15) is 4.98 Å². The first kappa shape index (κ1) is 12.8. The van der Waals surface area contributed by atoms with Crippen molar-refractivity contribution in [3.05, 3.63) is 36.5 Å². The Morgan fingerprint density at radius 2 is 2.05 bits per heavy atom. The highest BCUT2D eigenvalue weighted by Crippen LogP contribution is 2.32. The molecule has 3 N–H and O–H groups in total. The number of carbonyl (C=O) groups excluding carboxylic acids is 1. The number of benzene rings is 1. The molecule has 5 nitrogen and oxygen atoms in total. The van der Waals surface area contributed by atoms with Crippen LogP contribution < -0.4 is 16.3 Å². The Kier molecular flexibility index (Phi) is 2.95. The zero-order valence-corrected chi connectivity index (χ0v) is 13.1. The van der Waals surface area contributed by atoms with Crippen LogP contribution in [-0.4, -0.2) is 16.0 Å². The lowest BCUT2D eigenvalue weighted by Crippen LogP contribution is -2.24. The summed E-state index contributed by atoms with van der Waals surface area (Å²) in [5, 5.41) is 11.2. The van der Waals surface area contributed by atoms with Crippen molar-refractivity contribution >= 4 is 59.8 Å². The normalized spacial score (nSPS) is 13.6. The maximum Gasteiger partial charge on any atom is 0.279 e. The summed E-state index contributed by atoms with van der Waals surface area (Å²) in [6.07, 6.45) is 0. The smallest absolute Gasteiger partial charge is 0.279 e. The molecular weight excluding hydrogens is 398 g/mol. The van der Waals surface area contributed by atoms with Crippen LogP contribution in [-0.2, 0) is 4.79 Å². The van der Waals surface area contributed by atoms with E-state index in [1.54, 1.807) is 12.1 Å². The van der Waals surface area contributed by atoms with Crippen LogP contribution in [0.1, 0.15) is 4.88 Å². The number of hydrogen-bond donors (Lipinski definition) is 2. The number of halogens is 2. The van der Waals surface area contributed by atoms with Gasteiger partial charge in [-0.05, 0) is 28.1 Å². The summed E-state index contributed by atoms with van der Waals surface area (Å²) in [7, 11) is 0. The number of fused-ring (bicyclic) bond motifs is 1. The summed E-state index contributed by atoms with van der Waals surface area (Å²) >= 11 is 7.78. The molecule has 0 saturated heterocycles. The number of thiazole rings is 1. The predicted octanol–water partition coefficient (Wildman–Crippen LogP) is 1.31. The molecule has 96 valence electrons. The zero-order chi connectivity index (χ0) is 13.7. The van der Waals surface area contributed by atoms with Gasteiger partial charge in [0.05, 0.1) is 10.9 Å². The second-order valence-corrected chi connectivity index (χ2v) is 6.58. The van der Waals surface area contributed by atoms with Crippen LogP contribution in [0.5, 0.6) is 5.88 Å². The minimum absolute atomic E-state index is 0.204. The molecule has 1 aromatic carbocycles. The number of carbonyl (C=O) groups is 1. The lowest BCUT2D eigenvalue weighted by atomic mass is 10.1. The Morgan fingerprint density at radius 3 is 2.68 bits per heavy atom. The standard InChI is InChI=1S/C11H5Br2N3O2S/c12-3-1-4-6(8-10(18)16-11(14)19-8)9(17)15-7(4)5(13)2-3/h1-2,18H,(H2,14,16). The van der Waals surface area contributed by atoms with E-state index in [1.165, 1.54) is 0 Å². The molecule has 0 atom stereocenters. The highest BCUT2D eigenvalue weighted by atomic mass is 79.9. The maximum atomic E-state index is 12.0. The molecule has 19 heavy (non-hydrogen) atoms. The molecule has 1 aromatic heterocycles. The van der Waals surface area contributed by atoms with Gasteiger partial charge in [-0.3, -0.25) is 4.79 Å². The van der Waals surface area contributed by atoms with Crippen molar-refractivity contribution in [3.63, 3.8) is 0 Å².